The maximum atomic E-state index is 13.3. The number of nitrogens with zero attached hydrogens (tertiary/aromatic N) is 1. The van der Waals surface area contributed by atoms with E-state index in [2.05, 4.69) is 6.58 Å². The Bertz CT molecular complexity index is 767. The van der Waals surface area contributed by atoms with E-state index in [0.717, 1.165) is 30.4 Å². The first-order chi connectivity index (χ1) is 13.0. The second-order valence-electron chi connectivity index (χ2n) is 7.48. The summed E-state index contributed by atoms with van der Waals surface area (Å²) in [7, 11) is 1.35. The van der Waals surface area contributed by atoms with E-state index in [1.165, 1.54) is 7.11 Å². The summed E-state index contributed by atoms with van der Waals surface area (Å²) >= 11 is 0. The van der Waals surface area contributed by atoms with Crippen molar-refractivity contribution in [3.63, 3.8) is 0 Å². The Balaban J connectivity index is 1.92. The number of methoxy groups -OCH3 is 1. The van der Waals surface area contributed by atoms with Gasteiger partial charge in [0, 0.05) is 25.4 Å². The lowest BCUT2D eigenvalue weighted by Crippen LogP contribution is -2.56. The predicted octanol–water partition coefficient (Wildman–Crippen LogP) is 3.48. The summed E-state index contributed by atoms with van der Waals surface area (Å²) in [4.78, 5) is 39.7. The molecule has 0 radical (unpaired) electrons. The summed E-state index contributed by atoms with van der Waals surface area (Å²) in [6.45, 7) is 7.66. The fourth-order valence-corrected chi connectivity index (χ4v) is 4.64. The summed E-state index contributed by atoms with van der Waals surface area (Å²) in [5.74, 6) is -0.532. The summed E-state index contributed by atoms with van der Waals surface area (Å²) < 4.78 is 4.74. The first-order valence-electron chi connectivity index (χ1n) is 9.66. The van der Waals surface area contributed by atoms with Gasteiger partial charge < -0.3 is 9.64 Å². The number of rotatable bonds is 5. The Morgan fingerprint density at radius 3 is 2.48 bits per heavy atom. The topological polar surface area (TPSA) is 63.7 Å². The highest BCUT2D eigenvalue weighted by atomic mass is 16.5. The van der Waals surface area contributed by atoms with E-state index < -0.39 is 11.4 Å². The molecular formula is C22H27NO4. The Labute approximate surface area is 160 Å². The van der Waals surface area contributed by atoms with Crippen LogP contribution in [-0.4, -0.2) is 42.8 Å². The SMILES string of the molecule is C=C(c1ccc(C(=O)OC)cc1)[C@@H]1CCN(CCC)C(=O)[C@]12CCCC2=O. The zero-order valence-electron chi connectivity index (χ0n) is 16.1. The summed E-state index contributed by atoms with van der Waals surface area (Å²) in [5, 5.41) is 0. The van der Waals surface area contributed by atoms with Gasteiger partial charge in [0.25, 0.3) is 0 Å². The van der Waals surface area contributed by atoms with Gasteiger partial charge in [0.2, 0.25) is 5.91 Å². The number of ether oxygens (including phenoxy) is 1. The molecule has 3 rings (SSSR count). The highest BCUT2D eigenvalue weighted by molar-refractivity contribution is 6.09. The lowest BCUT2D eigenvalue weighted by atomic mass is 9.64. The standard InChI is InChI=1S/C22H27NO4/c1-4-13-23-14-11-18(22(21(23)26)12-5-6-19(22)24)15(2)16-7-9-17(10-8-16)20(25)27-3/h7-10,18H,2,4-6,11-14H2,1,3H3/t18-,22+/m0/s1. The molecule has 1 saturated carbocycles. The van der Waals surface area contributed by atoms with Crippen LogP contribution >= 0.6 is 0 Å². The number of benzene rings is 1. The van der Waals surface area contributed by atoms with E-state index in [0.29, 0.717) is 31.5 Å². The van der Waals surface area contributed by atoms with Crippen molar-refractivity contribution in [3.8, 4) is 0 Å². The van der Waals surface area contributed by atoms with Crippen molar-refractivity contribution in [2.75, 3.05) is 20.2 Å². The number of likely N-dealkylation sites (tertiary alicyclic amines) is 1. The molecule has 5 nitrogen and oxygen atoms in total. The van der Waals surface area contributed by atoms with E-state index >= 15 is 0 Å². The number of carbonyl (C=O) groups excluding carboxylic acids is 3. The number of Topliss-reactive ketones (excluding diaryl/α,β-unsaturated/α-hetero) is 1. The van der Waals surface area contributed by atoms with Crippen LogP contribution in [0.1, 0.15) is 54.9 Å². The second-order valence-corrected chi connectivity index (χ2v) is 7.48. The van der Waals surface area contributed by atoms with Crippen LogP contribution in [0.3, 0.4) is 0 Å². The molecule has 5 heteroatoms. The number of amides is 1. The second kappa shape index (κ2) is 7.67. The van der Waals surface area contributed by atoms with Crippen LogP contribution in [0.25, 0.3) is 5.57 Å². The molecule has 1 aliphatic carbocycles. The van der Waals surface area contributed by atoms with Gasteiger partial charge in [-0.3, -0.25) is 9.59 Å². The van der Waals surface area contributed by atoms with E-state index in [-0.39, 0.29) is 17.6 Å². The molecular weight excluding hydrogens is 342 g/mol. The van der Waals surface area contributed by atoms with Gasteiger partial charge in [-0.25, -0.2) is 4.79 Å². The van der Waals surface area contributed by atoms with Gasteiger partial charge in [0.05, 0.1) is 12.7 Å². The van der Waals surface area contributed by atoms with Gasteiger partial charge >= 0.3 is 5.97 Å². The largest absolute Gasteiger partial charge is 0.465 e. The Kier molecular flexibility index (Phi) is 5.49. The van der Waals surface area contributed by atoms with Gasteiger partial charge in [-0.15, -0.1) is 0 Å². The lowest BCUT2D eigenvalue weighted by molar-refractivity contribution is -0.154. The lowest BCUT2D eigenvalue weighted by Gasteiger charge is -2.45. The van der Waals surface area contributed by atoms with Crippen molar-refractivity contribution in [2.24, 2.45) is 11.3 Å². The van der Waals surface area contributed by atoms with Crippen LogP contribution in [0.5, 0.6) is 0 Å². The van der Waals surface area contributed by atoms with Gasteiger partial charge in [-0.2, -0.15) is 0 Å². The molecule has 1 amide bonds. The van der Waals surface area contributed by atoms with E-state index in [9.17, 15) is 14.4 Å². The van der Waals surface area contributed by atoms with Crippen molar-refractivity contribution in [1.82, 2.24) is 4.90 Å². The molecule has 0 unspecified atom stereocenters. The number of esters is 1. The smallest absolute Gasteiger partial charge is 0.337 e. The molecule has 0 aromatic heterocycles. The van der Waals surface area contributed by atoms with Crippen LogP contribution in [-0.2, 0) is 14.3 Å². The molecule has 0 bridgehead atoms. The van der Waals surface area contributed by atoms with Crippen molar-refractivity contribution in [3.05, 3.63) is 42.0 Å². The number of ketones is 1. The van der Waals surface area contributed by atoms with Crippen LogP contribution in [0, 0.1) is 11.3 Å². The molecule has 1 aliphatic heterocycles. The van der Waals surface area contributed by atoms with Crippen LogP contribution in [0.4, 0.5) is 0 Å². The van der Waals surface area contributed by atoms with E-state index in [1.54, 1.807) is 12.1 Å². The van der Waals surface area contributed by atoms with E-state index in [1.807, 2.05) is 24.0 Å². The number of hydrogen-bond acceptors (Lipinski definition) is 4. The molecule has 1 aromatic carbocycles. The minimum atomic E-state index is -0.953. The quantitative estimate of drug-likeness (QED) is 0.589. The molecule has 2 fully saturated rings. The van der Waals surface area contributed by atoms with Gasteiger partial charge in [-0.05, 0) is 49.0 Å². The minimum absolute atomic E-state index is 0.0181. The highest BCUT2D eigenvalue weighted by Crippen LogP contribution is 2.51. The number of carbonyl (C=O) groups is 3. The molecule has 1 heterocycles. The Morgan fingerprint density at radius 2 is 1.93 bits per heavy atom. The van der Waals surface area contributed by atoms with Crippen LogP contribution in [0.2, 0.25) is 0 Å². The molecule has 2 atom stereocenters. The molecule has 2 aliphatic rings. The van der Waals surface area contributed by atoms with Crippen molar-refractivity contribution in [1.29, 1.82) is 0 Å². The molecule has 27 heavy (non-hydrogen) atoms. The third kappa shape index (κ3) is 3.20. The molecule has 1 saturated heterocycles. The van der Waals surface area contributed by atoms with Crippen molar-refractivity contribution >= 4 is 23.2 Å². The summed E-state index contributed by atoms with van der Waals surface area (Å²) in [6.07, 6.45) is 3.47. The van der Waals surface area contributed by atoms with Crippen LogP contribution in [0.15, 0.2) is 30.8 Å². The summed E-state index contributed by atoms with van der Waals surface area (Å²) in [5.41, 5.74) is 1.19. The zero-order valence-corrected chi connectivity index (χ0v) is 16.1. The van der Waals surface area contributed by atoms with Gasteiger partial charge in [-0.1, -0.05) is 25.6 Å². The fraction of sp³-hybridized carbons (Fsp3) is 0.500. The molecule has 1 spiro atoms. The minimum Gasteiger partial charge on any atom is -0.465 e. The molecule has 1 aromatic rings. The molecule has 144 valence electrons. The predicted molar refractivity (Wildman–Crippen MR) is 103 cm³/mol. The average molecular weight is 369 g/mol. The van der Waals surface area contributed by atoms with Crippen molar-refractivity contribution < 1.29 is 19.1 Å². The number of hydrogen-bond donors (Lipinski definition) is 0. The third-order valence-corrected chi connectivity index (χ3v) is 6.01. The first-order valence-corrected chi connectivity index (χ1v) is 9.66. The Morgan fingerprint density at radius 1 is 1.26 bits per heavy atom. The normalized spacial score (nSPS) is 25.1. The van der Waals surface area contributed by atoms with Gasteiger partial charge in [0.1, 0.15) is 11.2 Å². The zero-order chi connectivity index (χ0) is 19.6. The fourth-order valence-electron chi connectivity index (χ4n) is 4.64. The third-order valence-electron chi connectivity index (χ3n) is 6.01. The summed E-state index contributed by atoms with van der Waals surface area (Å²) in [6, 6.07) is 7.04. The first kappa shape index (κ1) is 19.3. The number of allylic oxidation sites excluding steroid dienone is 1. The Hall–Kier alpha value is -2.43. The van der Waals surface area contributed by atoms with E-state index in [4.69, 9.17) is 4.74 Å². The van der Waals surface area contributed by atoms with Crippen LogP contribution < -0.4 is 0 Å². The number of piperidine rings is 1. The van der Waals surface area contributed by atoms with Gasteiger partial charge in [0.15, 0.2) is 0 Å². The monoisotopic (exact) mass is 369 g/mol. The van der Waals surface area contributed by atoms with Crippen molar-refractivity contribution in [2.45, 2.75) is 39.0 Å². The maximum absolute atomic E-state index is 13.3. The molecule has 0 N–H and O–H groups in total. The maximum Gasteiger partial charge on any atom is 0.337 e. The highest BCUT2D eigenvalue weighted by Gasteiger charge is 2.57. The average Bonchev–Trinajstić information content (AvgIpc) is 3.06.